The van der Waals surface area contributed by atoms with Gasteiger partial charge in [-0.15, -0.1) is 0 Å². The maximum absolute atomic E-state index is 11.8. The van der Waals surface area contributed by atoms with Crippen molar-refractivity contribution in [3.8, 4) is 23.1 Å². The highest BCUT2D eigenvalue weighted by Crippen LogP contribution is 2.35. The Morgan fingerprint density at radius 1 is 1.25 bits per heavy atom. The number of hydrogen-bond donors (Lipinski definition) is 2. The fourth-order valence-corrected chi connectivity index (χ4v) is 4.51. The van der Waals surface area contributed by atoms with Crippen molar-refractivity contribution in [3.63, 3.8) is 0 Å². The minimum Gasteiger partial charge on any atom is -0.480 e. The van der Waals surface area contributed by atoms with Crippen molar-refractivity contribution >= 4 is 32.3 Å². The van der Waals surface area contributed by atoms with Gasteiger partial charge in [0.2, 0.25) is 15.9 Å². The molecular weight excluding hydrogens is 428 g/mol. The number of fused-ring (bicyclic) bond motifs is 1. The number of benzene rings is 1. The summed E-state index contributed by atoms with van der Waals surface area (Å²) in [6.45, 7) is 4.52. The number of nitrogens with zero attached hydrogens (tertiary/aromatic N) is 4. The van der Waals surface area contributed by atoms with Gasteiger partial charge in [-0.1, -0.05) is 6.07 Å². The van der Waals surface area contributed by atoms with Crippen LogP contribution in [0, 0.1) is 11.3 Å². The van der Waals surface area contributed by atoms with E-state index >= 15 is 0 Å². The average molecular weight is 453 g/mol. The zero-order valence-electron chi connectivity index (χ0n) is 18.1. The summed E-state index contributed by atoms with van der Waals surface area (Å²) in [5.74, 6) is 0.184. The number of methoxy groups -OCH3 is 1. The van der Waals surface area contributed by atoms with Crippen molar-refractivity contribution in [2.75, 3.05) is 42.6 Å². The Morgan fingerprint density at radius 2 is 2.06 bits per heavy atom. The molecule has 1 saturated heterocycles. The molecule has 1 aliphatic rings. The van der Waals surface area contributed by atoms with E-state index in [1.807, 2.05) is 18.2 Å². The largest absolute Gasteiger partial charge is 0.480 e. The number of piperazine rings is 1. The third-order valence-corrected chi connectivity index (χ3v) is 5.91. The first-order valence-electron chi connectivity index (χ1n) is 10.1. The van der Waals surface area contributed by atoms with Gasteiger partial charge in [0.05, 0.1) is 30.1 Å². The molecule has 0 spiro atoms. The Morgan fingerprint density at radius 3 is 2.75 bits per heavy atom. The highest BCUT2D eigenvalue weighted by atomic mass is 32.2. The molecule has 9 nitrogen and oxygen atoms in total. The zero-order chi connectivity index (χ0) is 22.9. The molecule has 0 saturated carbocycles. The maximum Gasteiger partial charge on any atom is 0.238 e. The van der Waals surface area contributed by atoms with Gasteiger partial charge in [0.25, 0.3) is 0 Å². The van der Waals surface area contributed by atoms with Crippen molar-refractivity contribution < 1.29 is 13.2 Å². The molecule has 166 valence electrons. The summed E-state index contributed by atoms with van der Waals surface area (Å²) < 4.78 is 31.2. The number of anilines is 2. The van der Waals surface area contributed by atoms with Crippen LogP contribution in [0.3, 0.4) is 0 Å². The molecular formula is C22H24N6O3S. The number of pyridine rings is 2. The van der Waals surface area contributed by atoms with Crippen LogP contribution in [-0.4, -0.2) is 57.4 Å². The van der Waals surface area contributed by atoms with Crippen LogP contribution in [0.1, 0.15) is 12.5 Å². The van der Waals surface area contributed by atoms with Gasteiger partial charge in [0.15, 0.2) is 0 Å². The van der Waals surface area contributed by atoms with Crippen LogP contribution in [-0.2, 0) is 10.0 Å². The van der Waals surface area contributed by atoms with Gasteiger partial charge in [-0.2, -0.15) is 5.26 Å². The minimum atomic E-state index is -3.51. The number of hydrogen-bond acceptors (Lipinski definition) is 8. The van der Waals surface area contributed by atoms with E-state index in [0.717, 1.165) is 48.0 Å². The number of aromatic nitrogens is 2. The molecule has 2 aromatic heterocycles. The Labute approximate surface area is 187 Å². The van der Waals surface area contributed by atoms with Gasteiger partial charge in [0.1, 0.15) is 11.8 Å². The van der Waals surface area contributed by atoms with Crippen LogP contribution >= 0.6 is 0 Å². The molecule has 3 aromatic rings. The summed E-state index contributed by atoms with van der Waals surface area (Å²) in [5, 5.41) is 14.0. The molecule has 1 fully saturated rings. The summed E-state index contributed by atoms with van der Waals surface area (Å²) in [4.78, 5) is 10.9. The van der Waals surface area contributed by atoms with E-state index in [4.69, 9.17) is 4.74 Å². The third kappa shape index (κ3) is 4.44. The van der Waals surface area contributed by atoms with Gasteiger partial charge in [0, 0.05) is 49.0 Å². The standard InChI is InChI=1S/C22H24N6O3S/c1-14-13-28(7-6-24-14)21-17(10-23)12-25-19-5-4-15(8-18(19)21)16-9-20(27-32(3,29)30)22(31-2)26-11-16/h4-5,8-9,11-12,14,24,27H,6-7,13H2,1-3H3/t14-/m1/s1. The number of sulfonamides is 1. The summed E-state index contributed by atoms with van der Waals surface area (Å²) in [6.07, 6.45) is 4.32. The monoisotopic (exact) mass is 452 g/mol. The third-order valence-electron chi connectivity index (χ3n) is 5.32. The van der Waals surface area contributed by atoms with Crippen molar-refractivity contribution in [1.82, 2.24) is 15.3 Å². The molecule has 2 N–H and O–H groups in total. The minimum absolute atomic E-state index is 0.184. The topological polar surface area (TPSA) is 120 Å². The first kappa shape index (κ1) is 21.8. The van der Waals surface area contributed by atoms with E-state index in [0.29, 0.717) is 17.2 Å². The number of nitriles is 1. The van der Waals surface area contributed by atoms with Crippen LogP contribution in [0.15, 0.2) is 36.7 Å². The molecule has 1 atom stereocenters. The molecule has 0 aliphatic carbocycles. The van der Waals surface area contributed by atoms with E-state index in [1.54, 1.807) is 18.5 Å². The molecule has 1 aromatic carbocycles. The SMILES string of the molecule is COc1ncc(-c2ccc3ncc(C#N)c(N4CCN[C@H](C)C4)c3c2)cc1NS(C)(=O)=O. The highest BCUT2D eigenvalue weighted by molar-refractivity contribution is 7.92. The highest BCUT2D eigenvalue weighted by Gasteiger charge is 2.22. The van der Waals surface area contributed by atoms with Crippen LogP contribution in [0.5, 0.6) is 5.88 Å². The maximum atomic E-state index is 11.8. The Hall–Kier alpha value is -3.42. The Bertz CT molecular complexity index is 1320. The zero-order valence-corrected chi connectivity index (χ0v) is 18.9. The van der Waals surface area contributed by atoms with E-state index < -0.39 is 10.0 Å². The summed E-state index contributed by atoms with van der Waals surface area (Å²) in [6, 6.07) is 10.0. The number of ether oxygens (including phenoxy) is 1. The van der Waals surface area contributed by atoms with Gasteiger partial charge in [-0.05, 0) is 30.7 Å². The van der Waals surface area contributed by atoms with Crippen molar-refractivity contribution in [2.24, 2.45) is 0 Å². The predicted molar refractivity (Wildman–Crippen MR) is 124 cm³/mol. The summed E-state index contributed by atoms with van der Waals surface area (Å²) >= 11 is 0. The van der Waals surface area contributed by atoms with Crippen molar-refractivity contribution in [3.05, 3.63) is 42.2 Å². The average Bonchev–Trinajstić information content (AvgIpc) is 2.76. The molecule has 3 heterocycles. The second kappa shape index (κ2) is 8.61. The lowest BCUT2D eigenvalue weighted by Gasteiger charge is -2.34. The lowest BCUT2D eigenvalue weighted by atomic mass is 10.0. The van der Waals surface area contributed by atoms with Crippen LogP contribution in [0.25, 0.3) is 22.0 Å². The van der Waals surface area contributed by atoms with E-state index in [9.17, 15) is 13.7 Å². The van der Waals surface area contributed by atoms with Gasteiger partial charge < -0.3 is 15.0 Å². The van der Waals surface area contributed by atoms with Gasteiger partial charge in [-0.3, -0.25) is 9.71 Å². The normalized spacial score (nSPS) is 16.6. The number of nitrogens with one attached hydrogen (secondary N) is 2. The van der Waals surface area contributed by atoms with Crippen molar-refractivity contribution in [2.45, 2.75) is 13.0 Å². The summed E-state index contributed by atoms with van der Waals surface area (Å²) in [5.41, 5.74) is 3.96. The van der Waals surface area contributed by atoms with E-state index in [2.05, 4.69) is 37.9 Å². The molecule has 32 heavy (non-hydrogen) atoms. The van der Waals surface area contributed by atoms with Crippen LogP contribution < -0.4 is 19.7 Å². The van der Waals surface area contributed by atoms with E-state index in [1.165, 1.54) is 7.11 Å². The first-order valence-corrected chi connectivity index (χ1v) is 12.0. The van der Waals surface area contributed by atoms with Gasteiger partial charge in [-0.25, -0.2) is 13.4 Å². The second-order valence-corrected chi connectivity index (χ2v) is 9.57. The fraction of sp³-hybridized carbons (Fsp3) is 0.318. The fourth-order valence-electron chi connectivity index (χ4n) is 3.96. The Balaban J connectivity index is 1.86. The lowest BCUT2D eigenvalue weighted by Crippen LogP contribution is -2.49. The summed E-state index contributed by atoms with van der Waals surface area (Å²) in [7, 11) is -2.08. The molecule has 0 amide bonds. The predicted octanol–water partition coefficient (Wildman–Crippen LogP) is 2.35. The lowest BCUT2D eigenvalue weighted by molar-refractivity contribution is 0.400. The van der Waals surface area contributed by atoms with Gasteiger partial charge >= 0.3 is 0 Å². The molecule has 10 heteroatoms. The molecule has 1 aliphatic heterocycles. The first-order chi connectivity index (χ1) is 15.3. The Kier molecular flexibility index (Phi) is 5.86. The number of rotatable bonds is 5. The van der Waals surface area contributed by atoms with Crippen LogP contribution in [0.2, 0.25) is 0 Å². The van der Waals surface area contributed by atoms with E-state index in [-0.39, 0.29) is 11.6 Å². The second-order valence-electron chi connectivity index (χ2n) is 7.82. The van der Waals surface area contributed by atoms with Crippen molar-refractivity contribution in [1.29, 1.82) is 5.26 Å². The molecule has 0 bridgehead atoms. The van der Waals surface area contributed by atoms with Crippen LogP contribution in [0.4, 0.5) is 11.4 Å². The quantitative estimate of drug-likeness (QED) is 0.605. The molecule has 0 radical (unpaired) electrons. The molecule has 4 rings (SSSR count). The smallest absolute Gasteiger partial charge is 0.238 e. The molecule has 0 unspecified atom stereocenters.